The van der Waals surface area contributed by atoms with Crippen LogP contribution < -0.4 is 5.32 Å². The van der Waals surface area contributed by atoms with Gasteiger partial charge in [0, 0.05) is 29.7 Å². The fraction of sp³-hybridized carbons (Fsp3) is 0.250. The van der Waals surface area contributed by atoms with Crippen molar-refractivity contribution in [2.24, 2.45) is 0 Å². The van der Waals surface area contributed by atoms with Gasteiger partial charge in [-0.05, 0) is 25.1 Å². The first-order valence-corrected chi connectivity index (χ1v) is 5.63. The minimum absolute atomic E-state index is 0.234. The third-order valence-corrected chi connectivity index (χ3v) is 2.57. The van der Waals surface area contributed by atoms with Crippen molar-refractivity contribution in [3.63, 3.8) is 0 Å². The van der Waals surface area contributed by atoms with Gasteiger partial charge in [-0.2, -0.15) is 0 Å². The molecule has 2 N–H and O–H groups in total. The van der Waals surface area contributed by atoms with E-state index in [-0.39, 0.29) is 5.75 Å². The van der Waals surface area contributed by atoms with E-state index in [0.717, 1.165) is 17.0 Å². The molecule has 90 valence electrons. The lowest BCUT2D eigenvalue weighted by atomic mass is 10.2. The average molecular weight is 253 g/mol. The smallest absolute Gasteiger partial charge is 0.133 e. The molecular formula is C12H13ClN2O2. The van der Waals surface area contributed by atoms with Crippen LogP contribution in [0.25, 0.3) is 0 Å². The number of aryl methyl sites for hydroxylation is 1. The van der Waals surface area contributed by atoms with E-state index >= 15 is 0 Å². The standard InChI is InChI=1S/C12H13ClN2O2/c1-8-4-11(15-17-8)7-14-6-9-5-10(13)2-3-12(9)16/h2-5,14,16H,6-7H2,1H3. The maximum absolute atomic E-state index is 9.60. The highest BCUT2D eigenvalue weighted by Gasteiger charge is 2.03. The Morgan fingerprint density at radius 1 is 1.35 bits per heavy atom. The van der Waals surface area contributed by atoms with Crippen LogP contribution in [-0.2, 0) is 13.1 Å². The van der Waals surface area contributed by atoms with E-state index in [1.165, 1.54) is 0 Å². The number of halogens is 1. The Bertz CT molecular complexity index is 511. The number of nitrogens with zero attached hydrogens (tertiary/aromatic N) is 1. The van der Waals surface area contributed by atoms with Crippen molar-refractivity contribution in [1.29, 1.82) is 0 Å². The van der Waals surface area contributed by atoms with Crippen molar-refractivity contribution in [3.8, 4) is 5.75 Å². The Kier molecular flexibility index (Phi) is 3.66. The molecule has 2 aromatic rings. The van der Waals surface area contributed by atoms with Crippen LogP contribution in [0.2, 0.25) is 5.02 Å². The molecule has 4 nitrogen and oxygen atoms in total. The van der Waals surface area contributed by atoms with Crippen LogP contribution in [0.4, 0.5) is 0 Å². The van der Waals surface area contributed by atoms with Crippen LogP contribution in [0, 0.1) is 6.92 Å². The van der Waals surface area contributed by atoms with E-state index in [1.54, 1.807) is 18.2 Å². The molecule has 0 atom stereocenters. The highest BCUT2D eigenvalue weighted by atomic mass is 35.5. The molecule has 1 heterocycles. The zero-order chi connectivity index (χ0) is 12.3. The molecule has 0 fully saturated rings. The van der Waals surface area contributed by atoms with Gasteiger partial charge < -0.3 is 14.9 Å². The van der Waals surface area contributed by atoms with E-state index in [1.807, 2.05) is 13.0 Å². The molecule has 0 unspecified atom stereocenters. The first-order valence-electron chi connectivity index (χ1n) is 5.25. The summed E-state index contributed by atoms with van der Waals surface area (Å²) in [6, 6.07) is 6.84. The van der Waals surface area contributed by atoms with Crippen molar-refractivity contribution in [1.82, 2.24) is 10.5 Å². The SMILES string of the molecule is Cc1cc(CNCc2cc(Cl)ccc2O)no1. The van der Waals surface area contributed by atoms with E-state index in [2.05, 4.69) is 10.5 Å². The highest BCUT2D eigenvalue weighted by Crippen LogP contribution is 2.21. The maximum atomic E-state index is 9.60. The Morgan fingerprint density at radius 2 is 2.18 bits per heavy atom. The van der Waals surface area contributed by atoms with Gasteiger partial charge in [-0.3, -0.25) is 0 Å². The van der Waals surface area contributed by atoms with Gasteiger partial charge in [-0.1, -0.05) is 16.8 Å². The number of phenolic OH excluding ortho intramolecular Hbond substituents is 1. The number of benzene rings is 1. The summed E-state index contributed by atoms with van der Waals surface area (Å²) in [7, 11) is 0. The number of hydrogen-bond donors (Lipinski definition) is 2. The van der Waals surface area contributed by atoms with Crippen molar-refractivity contribution >= 4 is 11.6 Å². The second kappa shape index (κ2) is 5.21. The van der Waals surface area contributed by atoms with Crippen LogP contribution >= 0.6 is 11.6 Å². The molecule has 5 heteroatoms. The third-order valence-electron chi connectivity index (χ3n) is 2.34. The van der Waals surface area contributed by atoms with E-state index in [9.17, 15) is 5.11 Å². The molecule has 0 aliphatic carbocycles. The van der Waals surface area contributed by atoms with Crippen LogP contribution in [0.1, 0.15) is 17.0 Å². The van der Waals surface area contributed by atoms with Gasteiger partial charge in [0.15, 0.2) is 0 Å². The fourth-order valence-electron chi connectivity index (χ4n) is 1.52. The molecular weight excluding hydrogens is 240 g/mol. The Morgan fingerprint density at radius 3 is 2.88 bits per heavy atom. The molecule has 0 saturated heterocycles. The number of aromatic hydroxyl groups is 1. The summed E-state index contributed by atoms with van der Waals surface area (Å²) in [6.07, 6.45) is 0. The summed E-state index contributed by atoms with van der Waals surface area (Å²) in [5.74, 6) is 1.02. The lowest BCUT2D eigenvalue weighted by Gasteiger charge is -2.05. The van der Waals surface area contributed by atoms with Crippen LogP contribution in [0.3, 0.4) is 0 Å². The summed E-state index contributed by atoms with van der Waals surface area (Å²) in [4.78, 5) is 0. The maximum Gasteiger partial charge on any atom is 0.133 e. The Hall–Kier alpha value is -1.52. The number of hydrogen-bond acceptors (Lipinski definition) is 4. The number of nitrogens with one attached hydrogen (secondary N) is 1. The molecule has 0 aliphatic rings. The molecule has 0 bridgehead atoms. The summed E-state index contributed by atoms with van der Waals surface area (Å²) in [5.41, 5.74) is 1.60. The number of aromatic nitrogens is 1. The predicted molar refractivity (Wildman–Crippen MR) is 64.9 cm³/mol. The molecule has 0 aliphatic heterocycles. The molecule has 2 rings (SSSR count). The van der Waals surface area contributed by atoms with Gasteiger partial charge in [0.2, 0.25) is 0 Å². The molecule has 0 saturated carbocycles. The summed E-state index contributed by atoms with van der Waals surface area (Å²) in [5, 5.41) is 17.2. The van der Waals surface area contributed by atoms with Crippen molar-refractivity contribution in [2.75, 3.05) is 0 Å². The number of phenols is 1. The molecule has 0 amide bonds. The van der Waals surface area contributed by atoms with Crippen molar-refractivity contribution in [3.05, 3.63) is 46.3 Å². The van der Waals surface area contributed by atoms with Crippen LogP contribution in [0.15, 0.2) is 28.8 Å². The van der Waals surface area contributed by atoms with Gasteiger partial charge in [-0.15, -0.1) is 0 Å². The molecule has 0 radical (unpaired) electrons. The van der Waals surface area contributed by atoms with Crippen LogP contribution in [-0.4, -0.2) is 10.3 Å². The summed E-state index contributed by atoms with van der Waals surface area (Å²) >= 11 is 5.85. The first kappa shape index (κ1) is 12.0. The summed E-state index contributed by atoms with van der Waals surface area (Å²) in [6.45, 7) is 2.96. The normalized spacial score (nSPS) is 10.7. The van der Waals surface area contributed by atoms with E-state index in [0.29, 0.717) is 18.1 Å². The van der Waals surface area contributed by atoms with Crippen molar-refractivity contribution in [2.45, 2.75) is 20.0 Å². The van der Waals surface area contributed by atoms with Crippen LogP contribution in [0.5, 0.6) is 5.75 Å². The highest BCUT2D eigenvalue weighted by molar-refractivity contribution is 6.30. The Balaban J connectivity index is 1.91. The second-order valence-electron chi connectivity index (χ2n) is 3.81. The largest absolute Gasteiger partial charge is 0.508 e. The second-order valence-corrected chi connectivity index (χ2v) is 4.24. The molecule has 0 spiro atoms. The average Bonchev–Trinajstić information content (AvgIpc) is 2.69. The van der Waals surface area contributed by atoms with Gasteiger partial charge >= 0.3 is 0 Å². The third kappa shape index (κ3) is 3.22. The van der Waals surface area contributed by atoms with E-state index < -0.39 is 0 Å². The minimum atomic E-state index is 0.234. The predicted octanol–water partition coefficient (Wildman–Crippen LogP) is 2.63. The number of rotatable bonds is 4. The molecule has 1 aromatic carbocycles. The zero-order valence-electron chi connectivity index (χ0n) is 9.40. The lowest BCUT2D eigenvalue weighted by molar-refractivity contribution is 0.388. The zero-order valence-corrected chi connectivity index (χ0v) is 10.2. The quantitative estimate of drug-likeness (QED) is 0.878. The van der Waals surface area contributed by atoms with Gasteiger partial charge in [0.25, 0.3) is 0 Å². The lowest BCUT2D eigenvalue weighted by Crippen LogP contribution is -2.12. The van der Waals surface area contributed by atoms with E-state index in [4.69, 9.17) is 16.1 Å². The van der Waals surface area contributed by atoms with Gasteiger partial charge in [-0.25, -0.2) is 0 Å². The first-order chi connectivity index (χ1) is 8.15. The topological polar surface area (TPSA) is 58.3 Å². The fourth-order valence-corrected chi connectivity index (χ4v) is 1.72. The minimum Gasteiger partial charge on any atom is -0.508 e. The molecule has 17 heavy (non-hydrogen) atoms. The Labute approximate surface area is 104 Å². The monoisotopic (exact) mass is 252 g/mol. The van der Waals surface area contributed by atoms with Crippen molar-refractivity contribution < 1.29 is 9.63 Å². The molecule has 1 aromatic heterocycles. The summed E-state index contributed by atoms with van der Waals surface area (Å²) < 4.78 is 4.95. The van der Waals surface area contributed by atoms with Gasteiger partial charge in [0.05, 0.1) is 5.69 Å². The van der Waals surface area contributed by atoms with Gasteiger partial charge in [0.1, 0.15) is 11.5 Å².